The van der Waals surface area contributed by atoms with Crippen molar-refractivity contribution in [3.05, 3.63) is 42.2 Å². The van der Waals surface area contributed by atoms with Crippen LogP contribution in [-0.2, 0) is 9.59 Å². The summed E-state index contributed by atoms with van der Waals surface area (Å²) in [6.45, 7) is 1.67. The van der Waals surface area contributed by atoms with Gasteiger partial charge in [-0.3, -0.25) is 9.59 Å². The molecule has 96 valence electrons. The van der Waals surface area contributed by atoms with Crippen LogP contribution in [0.1, 0.15) is 6.92 Å². The first-order valence-corrected chi connectivity index (χ1v) is 5.46. The predicted octanol–water partition coefficient (Wildman–Crippen LogP) is 1.80. The molecule has 0 aromatic heterocycles. The second kappa shape index (κ2) is 6.54. The van der Waals surface area contributed by atoms with E-state index in [1.165, 1.54) is 42.3 Å². The number of nitrogens with one attached hydrogen (secondary N) is 1. The summed E-state index contributed by atoms with van der Waals surface area (Å²) in [6, 6.07) is 5.43. The smallest absolute Gasteiger partial charge is 0.246 e. The summed E-state index contributed by atoms with van der Waals surface area (Å²) in [6.07, 6.45) is 2.99. The van der Waals surface area contributed by atoms with E-state index >= 15 is 0 Å². The normalized spacial score (nSPS) is 10.4. The summed E-state index contributed by atoms with van der Waals surface area (Å²) in [5, 5.41) is 2.57. The Bertz CT molecular complexity index is 455. The van der Waals surface area contributed by atoms with Crippen molar-refractivity contribution >= 4 is 17.5 Å². The van der Waals surface area contributed by atoms with Gasteiger partial charge in [0.15, 0.2) is 0 Å². The molecule has 0 heterocycles. The maximum Gasteiger partial charge on any atom is 0.246 e. The SMILES string of the molecule is CC=CC(=O)N(C)CC(=O)Nc1ccc(F)cc1. The van der Waals surface area contributed by atoms with E-state index in [1.54, 1.807) is 13.0 Å². The second-order valence-electron chi connectivity index (χ2n) is 3.75. The highest BCUT2D eigenvalue weighted by Gasteiger charge is 2.10. The standard InChI is InChI=1S/C13H15FN2O2/c1-3-4-13(18)16(2)9-12(17)15-11-7-5-10(14)6-8-11/h3-8H,9H2,1-2H3,(H,15,17). The fourth-order valence-electron chi connectivity index (χ4n) is 1.30. The minimum absolute atomic E-state index is 0.0550. The number of nitrogens with zero attached hydrogens (tertiary/aromatic N) is 1. The van der Waals surface area contributed by atoms with Gasteiger partial charge in [0, 0.05) is 12.7 Å². The molecule has 0 aliphatic rings. The third kappa shape index (κ3) is 4.37. The molecular formula is C13H15FN2O2. The van der Waals surface area contributed by atoms with Crippen molar-refractivity contribution in [3.63, 3.8) is 0 Å². The summed E-state index contributed by atoms with van der Waals surface area (Å²) in [5.41, 5.74) is 0.494. The molecular weight excluding hydrogens is 235 g/mol. The van der Waals surface area contributed by atoms with Crippen LogP contribution in [0.5, 0.6) is 0 Å². The number of carbonyl (C=O) groups is 2. The number of hydrogen-bond acceptors (Lipinski definition) is 2. The molecule has 1 N–H and O–H groups in total. The lowest BCUT2D eigenvalue weighted by atomic mass is 10.3. The molecule has 1 aromatic carbocycles. The number of likely N-dealkylation sites (N-methyl/N-ethyl adjacent to an activating group) is 1. The van der Waals surface area contributed by atoms with Crippen LogP contribution in [0.2, 0.25) is 0 Å². The van der Waals surface area contributed by atoms with E-state index in [2.05, 4.69) is 5.32 Å². The maximum absolute atomic E-state index is 12.7. The number of benzene rings is 1. The highest BCUT2D eigenvalue weighted by atomic mass is 19.1. The van der Waals surface area contributed by atoms with Crippen LogP contribution in [0.3, 0.4) is 0 Å². The molecule has 4 nitrogen and oxygen atoms in total. The first kappa shape index (κ1) is 13.9. The number of rotatable bonds is 4. The topological polar surface area (TPSA) is 49.4 Å². The Balaban J connectivity index is 2.51. The summed E-state index contributed by atoms with van der Waals surface area (Å²) >= 11 is 0. The first-order chi connectivity index (χ1) is 8.52. The summed E-state index contributed by atoms with van der Waals surface area (Å²) in [7, 11) is 1.53. The van der Waals surface area contributed by atoms with Gasteiger partial charge in [0.1, 0.15) is 5.82 Å². The zero-order valence-electron chi connectivity index (χ0n) is 10.3. The van der Waals surface area contributed by atoms with Crippen molar-refractivity contribution in [1.82, 2.24) is 4.90 Å². The molecule has 0 saturated heterocycles. The predicted molar refractivity (Wildman–Crippen MR) is 67.5 cm³/mol. The Morgan fingerprint density at radius 2 is 1.94 bits per heavy atom. The fraction of sp³-hybridized carbons (Fsp3) is 0.231. The van der Waals surface area contributed by atoms with Gasteiger partial charge in [-0.15, -0.1) is 0 Å². The first-order valence-electron chi connectivity index (χ1n) is 5.46. The number of amides is 2. The minimum Gasteiger partial charge on any atom is -0.333 e. The molecule has 0 aliphatic carbocycles. The molecule has 0 fully saturated rings. The van der Waals surface area contributed by atoms with Crippen LogP contribution in [-0.4, -0.2) is 30.3 Å². The lowest BCUT2D eigenvalue weighted by Crippen LogP contribution is -2.33. The lowest BCUT2D eigenvalue weighted by molar-refractivity contribution is -0.129. The van der Waals surface area contributed by atoms with E-state index in [9.17, 15) is 14.0 Å². The maximum atomic E-state index is 12.7. The number of allylic oxidation sites excluding steroid dienone is 1. The van der Waals surface area contributed by atoms with Gasteiger partial charge in [-0.2, -0.15) is 0 Å². The Kier molecular flexibility index (Phi) is 5.05. The summed E-state index contributed by atoms with van der Waals surface area (Å²) < 4.78 is 12.7. The van der Waals surface area contributed by atoms with Gasteiger partial charge in [0.05, 0.1) is 6.54 Å². The largest absolute Gasteiger partial charge is 0.333 e. The van der Waals surface area contributed by atoms with E-state index in [4.69, 9.17) is 0 Å². The molecule has 0 unspecified atom stereocenters. The number of hydrogen-bond donors (Lipinski definition) is 1. The molecule has 0 aliphatic heterocycles. The molecule has 0 radical (unpaired) electrons. The van der Waals surface area contributed by atoms with Gasteiger partial charge in [0.2, 0.25) is 11.8 Å². The van der Waals surface area contributed by atoms with E-state index < -0.39 is 0 Å². The number of carbonyl (C=O) groups excluding carboxylic acids is 2. The van der Waals surface area contributed by atoms with Crippen molar-refractivity contribution in [3.8, 4) is 0 Å². The van der Waals surface area contributed by atoms with Crippen LogP contribution >= 0.6 is 0 Å². The zero-order valence-corrected chi connectivity index (χ0v) is 10.3. The van der Waals surface area contributed by atoms with Crippen LogP contribution in [0.4, 0.5) is 10.1 Å². The van der Waals surface area contributed by atoms with Crippen LogP contribution < -0.4 is 5.32 Å². The van der Waals surface area contributed by atoms with E-state index in [-0.39, 0.29) is 24.2 Å². The molecule has 1 rings (SSSR count). The van der Waals surface area contributed by atoms with Gasteiger partial charge in [0.25, 0.3) is 0 Å². The van der Waals surface area contributed by atoms with Crippen molar-refractivity contribution in [2.75, 3.05) is 18.9 Å². The molecule has 18 heavy (non-hydrogen) atoms. The van der Waals surface area contributed by atoms with Crippen molar-refractivity contribution in [1.29, 1.82) is 0 Å². The zero-order chi connectivity index (χ0) is 13.5. The van der Waals surface area contributed by atoms with Gasteiger partial charge in [-0.1, -0.05) is 6.08 Å². The third-order valence-corrected chi connectivity index (χ3v) is 2.19. The third-order valence-electron chi connectivity index (χ3n) is 2.19. The van der Waals surface area contributed by atoms with Gasteiger partial charge in [-0.25, -0.2) is 4.39 Å². The quantitative estimate of drug-likeness (QED) is 0.828. The molecule has 0 bridgehead atoms. The molecule has 0 spiro atoms. The Labute approximate surface area is 105 Å². The minimum atomic E-state index is -0.367. The Morgan fingerprint density at radius 3 is 2.50 bits per heavy atom. The highest BCUT2D eigenvalue weighted by molar-refractivity contribution is 5.96. The average Bonchev–Trinajstić information content (AvgIpc) is 2.32. The fourth-order valence-corrected chi connectivity index (χ4v) is 1.30. The van der Waals surface area contributed by atoms with E-state index in [1.807, 2.05) is 0 Å². The van der Waals surface area contributed by atoms with Crippen molar-refractivity contribution < 1.29 is 14.0 Å². The Hall–Kier alpha value is -2.17. The number of anilines is 1. The van der Waals surface area contributed by atoms with Crippen LogP contribution in [0.25, 0.3) is 0 Å². The molecule has 5 heteroatoms. The molecule has 1 aromatic rings. The molecule has 0 atom stereocenters. The van der Waals surface area contributed by atoms with E-state index in [0.29, 0.717) is 5.69 Å². The molecule has 0 saturated carbocycles. The average molecular weight is 250 g/mol. The van der Waals surface area contributed by atoms with Gasteiger partial charge < -0.3 is 10.2 Å². The highest BCUT2D eigenvalue weighted by Crippen LogP contribution is 2.07. The molecule has 2 amide bonds. The second-order valence-corrected chi connectivity index (χ2v) is 3.75. The summed E-state index contributed by atoms with van der Waals surface area (Å²) in [5.74, 6) is -0.943. The number of halogens is 1. The van der Waals surface area contributed by atoms with Crippen LogP contribution in [0.15, 0.2) is 36.4 Å². The Morgan fingerprint density at radius 1 is 1.33 bits per heavy atom. The monoisotopic (exact) mass is 250 g/mol. The van der Waals surface area contributed by atoms with Gasteiger partial charge >= 0.3 is 0 Å². The van der Waals surface area contributed by atoms with E-state index in [0.717, 1.165) is 0 Å². The summed E-state index contributed by atoms with van der Waals surface area (Å²) in [4.78, 5) is 24.3. The lowest BCUT2D eigenvalue weighted by Gasteiger charge is -2.14. The van der Waals surface area contributed by atoms with Crippen molar-refractivity contribution in [2.45, 2.75) is 6.92 Å². The van der Waals surface area contributed by atoms with Gasteiger partial charge in [-0.05, 0) is 37.3 Å². The van der Waals surface area contributed by atoms with Crippen LogP contribution in [0, 0.1) is 5.82 Å². The van der Waals surface area contributed by atoms with Crippen molar-refractivity contribution in [2.24, 2.45) is 0 Å².